The number of aliphatic hydroxyl groups excluding tert-OH is 1. The van der Waals surface area contributed by atoms with Gasteiger partial charge >= 0.3 is 0 Å². The van der Waals surface area contributed by atoms with Crippen molar-refractivity contribution in [1.29, 1.82) is 0 Å². The number of hydrogen-bond acceptors (Lipinski definition) is 6. The zero-order valence-electron chi connectivity index (χ0n) is 13.6. The molecule has 1 N–H and O–H groups in total. The van der Waals surface area contributed by atoms with Gasteiger partial charge in [-0.15, -0.1) is 10.2 Å². The van der Waals surface area contributed by atoms with Crippen molar-refractivity contribution in [2.24, 2.45) is 10.2 Å². The number of Topliss-reactive ketones (excluding diaryl/α,β-unsaturated/α-hetero) is 1. The number of aliphatic hydroxyl groups is 1. The molecule has 0 saturated heterocycles. The van der Waals surface area contributed by atoms with Gasteiger partial charge in [-0.3, -0.25) is 14.4 Å². The first-order valence-electron chi connectivity index (χ1n) is 7.55. The van der Waals surface area contributed by atoms with Crippen LogP contribution in [0.15, 0.2) is 64.1 Å². The Balaban J connectivity index is 2.15. The molecule has 0 aromatic heterocycles. The van der Waals surface area contributed by atoms with E-state index in [-0.39, 0.29) is 39.8 Å². The average molecular weight is 334 g/mol. The molecule has 0 atom stereocenters. The maximum Gasteiger partial charge on any atom is 0.196 e. The molecule has 0 aliphatic heterocycles. The van der Waals surface area contributed by atoms with E-state index >= 15 is 0 Å². The molecule has 124 valence electrons. The van der Waals surface area contributed by atoms with Gasteiger partial charge in [0.1, 0.15) is 5.76 Å². The molecule has 0 spiro atoms. The topological polar surface area (TPSA) is 96.2 Å². The van der Waals surface area contributed by atoms with E-state index in [2.05, 4.69) is 10.2 Å². The molecule has 0 fully saturated rings. The van der Waals surface area contributed by atoms with Crippen molar-refractivity contribution in [1.82, 2.24) is 0 Å². The molecule has 0 saturated carbocycles. The van der Waals surface area contributed by atoms with E-state index in [0.717, 1.165) is 0 Å². The van der Waals surface area contributed by atoms with E-state index in [1.54, 1.807) is 36.4 Å². The lowest BCUT2D eigenvalue weighted by Crippen LogP contribution is -2.20. The van der Waals surface area contributed by atoms with Gasteiger partial charge in [-0.2, -0.15) is 0 Å². The van der Waals surface area contributed by atoms with Crippen LogP contribution in [0, 0.1) is 0 Å². The van der Waals surface area contributed by atoms with Crippen LogP contribution >= 0.6 is 0 Å². The Labute approximate surface area is 143 Å². The quantitative estimate of drug-likeness (QED) is 0.446. The van der Waals surface area contributed by atoms with Crippen molar-refractivity contribution >= 4 is 23.0 Å². The zero-order chi connectivity index (χ0) is 18.1. The average Bonchev–Trinajstić information content (AvgIpc) is 2.59. The normalized spacial score (nSPS) is 14.2. The molecule has 0 amide bonds. The smallest absolute Gasteiger partial charge is 0.196 e. The second-order valence-corrected chi connectivity index (χ2v) is 5.59. The molecule has 6 heteroatoms. The number of rotatable bonds is 3. The largest absolute Gasteiger partial charge is 0.510 e. The molecule has 6 nitrogen and oxygen atoms in total. The minimum absolute atomic E-state index is 0.147. The second-order valence-electron chi connectivity index (χ2n) is 5.59. The number of hydrogen-bond donors (Lipinski definition) is 1. The molecular formula is C19H14N2O4. The fraction of sp³-hybridized carbons (Fsp3) is 0.105. The molecule has 1 aliphatic rings. The van der Waals surface area contributed by atoms with Gasteiger partial charge in [0.25, 0.3) is 0 Å². The summed E-state index contributed by atoms with van der Waals surface area (Å²) in [5, 5.41) is 17.2. The third-order valence-corrected chi connectivity index (χ3v) is 3.86. The predicted octanol–water partition coefficient (Wildman–Crippen LogP) is 3.92. The van der Waals surface area contributed by atoms with E-state index in [0.29, 0.717) is 11.1 Å². The van der Waals surface area contributed by atoms with Gasteiger partial charge in [0.15, 0.2) is 23.0 Å². The van der Waals surface area contributed by atoms with Crippen LogP contribution < -0.4 is 0 Å². The molecule has 25 heavy (non-hydrogen) atoms. The van der Waals surface area contributed by atoms with E-state index in [1.165, 1.54) is 19.9 Å². The monoisotopic (exact) mass is 334 g/mol. The Kier molecular flexibility index (Phi) is 4.10. The lowest BCUT2D eigenvalue weighted by molar-refractivity contribution is -0.113. The number of ketones is 3. The predicted molar refractivity (Wildman–Crippen MR) is 90.3 cm³/mol. The van der Waals surface area contributed by atoms with Crippen LogP contribution in [0.25, 0.3) is 0 Å². The number of nitrogens with zero attached hydrogens (tertiary/aromatic N) is 2. The van der Waals surface area contributed by atoms with Crippen molar-refractivity contribution < 1.29 is 19.5 Å². The van der Waals surface area contributed by atoms with Crippen LogP contribution in [0.4, 0.5) is 5.69 Å². The summed E-state index contributed by atoms with van der Waals surface area (Å²) >= 11 is 0. The summed E-state index contributed by atoms with van der Waals surface area (Å²) < 4.78 is 0. The van der Waals surface area contributed by atoms with E-state index < -0.39 is 5.78 Å². The highest BCUT2D eigenvalue weighted by atomic mass is 16.3. The van der Waals surface area contributed by atoms with E-state index in [9.17, 15) is 19.5 Å². The summed E-state index contributed by atoms with van der Waals surface area (Å²) in [6.45, 7) is 2.57. The van der Waals surface area contributed by atoms with Gasteiger partial charge in [0.05, 0.1) is 11.3 Å². The van der Waals surface area contributed by atoms with Crippen molar-refractivity contribution in [3.8, 4) is 0 Å². The van der Waals surface area contributed by atoms with Crippen LogP contribution in [-0.4, -0.2) is 22.5 Å². The number of benzene rings is 2. The fourth-order valence-corrected chi connectivity index (χ4v) is 2.71. The molecule has 0 bridgehead atoms. The van der Waals surface area contributed by atoms with Crippen molar-refractivity contribution in [2.75, 3.05) is 0 Å². The molecule has 0 radical (unpaired) electrons. The van der Waals surface area contributed by atoms with Crippen molar-refractivity contribution in [3.63, 3.8) is 0 Å². The first-order valence-corrected chi connectivity index (χ1v) is 7.55. The first-order chi connectivity index (χ1) is 11.9. The number of carbonyl (C=O) groups is 3. The van der Waals surface area contributed by atoms with Gasteiger partial charge in [-0.1, -0.05) is 36.4 Å². The molecule has 2 aromatic rings. The molecule has 0 heterocycles. The Morgan fingerprint density at radius 1 is 0.880 bits per heavy atom. The fourth-order valence-electron chi connectivity index (χ4n) is 2.71. The van der Waals surface area contributed by atoms with Gasteiger partial charge in [-0.25, -0.2) is 0 Å². The standard InChI is InChI=1S/C19H14N2O4/c1-10(22)17(11(2)23)21-20-15-9-5-8-14-16(15)19(25)13-7-4-3-6-12(13)18(14)24/h3-9,22H,1-2H3/b17-10-,21-20?. The highest BCUT2D eigenvalue weighted by Gasteiger charge is 2.31. The highest BCUT2D eigenvalue weighted by Crippen LogP contribution is 2.33. The maximum absolute atomic E-state index is 12.8. The van der Waals surface area contributed by atoms with Gasteiger partial charge in [0.2, 0.25) is 0 Å². The SMILES string of the molecule is CC(=O)/C(N=Nc1cccc2c1C(=O)c1ccccc1C2=O)=C(\C)O. The first kappa shape index (κ1) is 16.4. The molecular weight excluding hydrogens is 320 g/mol. The number of fused-ring (bicyclic) bond motifs is 2. The summed E-state index contributed by atoms with van der Waals surface area (Å²) in [4.78, 5) is 36.9. The number of allylic oxidation sites excluding steroid dienone is 2. The number of azo groups is 1. The van der Waals surface area contributed by atoms with Gasteiger partial charge in [-0.05, 0) is 13.0 Å². The van der Waals surface area contributed by atoms with Crippen LogP contribution in [0.3, 0.4) is 0 Å². The summed E-state index contributed by atoms with van der Waals surface area (Å²) in [7, 11) is 0. The Morgan fingerprint density at radius 2 is 1.48 bits per heavy atom. The van der Waals surface area contributed by atoms with Gasteiger partial charge in [0, 0.05) is 23.6 Å². The second kappa shape index (κ2) is 6.24. The van der Waals surface area contributed by atoms with Crippen LogP contribution in [0.1, 0.15) is 45.7 Å². The Hall–Kier alpha value is -3.41. The Morgan fingerprint density at radius 3 is 2.08 bits per heavy atom. The molecule has 2 aromatic carbocycles. The van der Waals surface area contributed by atoms with E-state index in [4.69, 9.17) is 0 Å². The third-order valence-electron chi connectivity index (χ3n) is 3.86. The summed E-state index contributed by atoms with van der Waals surface area (Å²) in [6.07, 6.45) is 0. The van der Waals surface area contributed by atoms with Gasteiger partial charge < -0.3 is 5.11 Å². The lowest BCUT2D eigenvalue weighted by Gasteiger charge is -2.18. The zero-order valence-corrected chi connectivity index (χ0v) is 13.6. The van der Waals surface area contributed by atoms with Crippen LogP contribution in [-0.2, 0) is 4.79 Å². The van der Waals surface area contributed by atoms with Crippen molar-refractivity contribution in [3.05, 3.63) is 76.2 Å². The molecule has 1 aliphatic carbocycles. The maximum atomic E-state index is 12.8. The minimum atomic E-state index is -0.457. The van der Waals surface area contributed by atoms with Crippen LogP contribution in [0.5, 0.6) is 0 Å². The Bertz CT molecular complexity index is 983. The lowest BCUT2D eigenvalue weighted by atomic mass is 9.83. The number of carbonyl (C=O) groups excluding carboxylic acids is 3. The minimum Gasteiger partial charge on any atom is -0.510 e. The van der Waals surface area contributed by atoms with Crippen molar-refractivity contribution in [2.45, 2.75) is 13.8 Å². The van der Waals surface area contributed by atoms with Crippen LogP contribution in [0.2, 0.25) is 0 Å². The molecule has 3 rings (SSSR count). The highest BCUT2D eigenvalue weighted by molar-refractivity contribution is 6.29. The summed E-state index contributed by atoms with van der Waals surface area (Å²) in [5.74, 6) is -1.31. The third kappa shape index (κ3) is 2.78. The molecule has 0 unspecified atom stereocenters. The van der Waals surface area contributed by atoms with E-state index in [1.807, 2.05) is 0 Å². The summed E-state index contributed by atoms with van der Waals surface area (Å²) in [5.41, 5.74) is 1.02. The summed E-state index contributed by atoms with van der Waals surface area (Å²) in [6, 6.07) is 11.3.